The van der Waals surface area contributed by atoms with E-state index in [-0.39, 0.29) is 5.91 Å². The van der Waals surface area contributed by atoms with Crippen molar-refractivity contribution in [3.63, 3.8) is 0 Å². The van der Waals surface area contributed by atoms with Crippen molar-refractivity contribution in [3.05, 3.63) is 24.3 Å². The molecule has 0 saturated heterocycles. The molecule has 1 amide bonds. The smallest absolute Gasteiger partial charge is 0.226 e. The molecule has 0 aliphatic rings. The van der Waals surface area contributed by atoms with Crippen molar-refractivity contribution in [1.82, 2.24) is 10.3 Å². The summed E-state index contributed by atoms with van der Waals surface area (Å²) in [5, 5.41) is 6.65. The van der Waals surface area contributed by atoms with Crippen LogP contribution in [0, 0.1) is 0 Å². The van der Waals surface area contributed by atoms with Gasteiger partial charge in [0.15, 0.2) is 10.2 Å². The molecule has 4 nitrogen and oxygen atoms in total. The number of thiazole rings is 1. The Hall–Kier alpha value is -1.53. The predicted molar refractivity (Wildman–Crippen MR) is 88.1 cm³/mol. The number of fused-ring (bicyclic) bond motifs is 1. The third kappa shape index (κ3) is 4.25. The molecule has 0 atom stereocenters. The Balaban J connectivity index is 1.86. The van der Waals surface area contributed by atoms with Gasteiger partial charge in [-0.3, -0.25) is 4.79 Å². The molecule has 0 aliphatic heterocycles. The molecule has 0 fully saturated rings. The Morgan fingerprint density at radius 2 is 2.15 bits per heavy atom. The molecule has 1 aromatic carbocycles. The van der Waals surface area contributed by atoms with E-state index in [0.717, 1.165) is 29.5 Å². The van der Waals surface area contributed by atoms with Crippen LogP contribution in [0.1, 0.15) is 32.6 Å². The van der Waals surface area contributed by atoms with Crippen LogP contribution >= 0.6 is 23.6 Å². The number of aromatic nitrogens is 1. The van der Waals surface area contributed by atoms with E-state index in [4.69, 9.17) is 12.2 Å². The Bertz CT molecular complexity index is 576. The van der Waals surface area contributed by atoms with Gasteiger partial charge in [0.25, 0.3) is 0 Å². The first-order valence-electron chi connectivity index (χ1n) is 6.65. The highest BCUT2D eigenvalue weighted by molar-refractivity contribution is 7.80. The summed E-state index contributed by atoms with van der Waals surface area (Å²) in [7, 11) is 0. The molecule has 2 aromatic rings. The van der Waals surface area contributed by atoms with Gasteiger partial charge in [0.1, 0.15) is 0 Å². The molecular weight excluding hydrogens is 290 g/mol. The quantitative estimate of drug-likeness (QED) is 0.653. The van der Waals surface area contributed by atoms with Crippen molar-refractivity contribution in [3.8, 4) is 0 Å². The number of carbonyl (C=O) groups excluding carboxylic acids is 1. The van der Waals surface area contributed by atoms with Gasteiger partial charge in [0, 0.05) is 6.42 Å². The number of nitrogens with one attached hydrogen (secondary N) is 2. The standard InChI is InChI=1S/C14H17N3OS2/c1-2-3-4-9-12(18)16-13(19)17-14-15-10-7-5-6-8-11(10)20-14/h5-8H,2-4,9H2,1H3,(H2,15,16,17,18,19). The SMILES string of the molecule is CCCCCC(=O)NC(=S)Nc1nc2ccccc2s1. The fourth-order valence-electron chi connectivity index (χ4n) is 1.78. The van der Waals surface area contributed by atoms with E-state index < -0.39 is 0 Å². The van der Waals surface area contributed by atoms with E-state index in [1.807, 2.05) is 24.3 Å². The maximum atomic E-state index is 11.6. The summed E-state index contributed by atoms with van der Waals surface area (Å²) in [4.78, 5) is 16.0. The number of hydrogen-bond donors (Lipinski definition) is 2. The van der Waals surface area contributed by atoms with Crippen LogP contribution in [0.2, 0.25) is 0 Å². The Morgan fingerprint density at radius 1 is 1.35 bits per heavy atom. The third-order valence-electron chi connectivity index (χ3n) is 2.77. The number of para-hydroxylation sites is 1. The minimum atomic E-state index is -0.0444. The molecule has 6 heteroatoms. The van der Waals surface area contributed by atoms with Gasteiger partial charge in [-0.15, -0.1) is 0 Å². The van der Waals surface area contributed by atoms with Gasteiger partial charge in [-0.05, 0) is 30.8 Å². The lowest BCUT2D eigenvalue weighted by molar-refractivity contribution is -0.119. The maximum absolute atomic E-state index is 11.6. The van der Waals surface area contributed by atoms with Gasteiger partial charge in [0.2, 0.25) is 5.91 Å². The van der Waals surface area contributed by atoms with Crippen LogP contribution in [0.15, 0.2) is 24.3 Å². The van der Waals surface area contributed by atoms with Gasteiger partial charge in [-0.2, -0.15) is 0 Å². The van der Waals surface area contributed by atoms with Crippen molar-refractivity contribution in [2.75, 3.05) is 5.32 Å². The van der Waals surface area contributed by atoms with Crippen LogP contribution in [0.4, 0.5) is 5.13 Å². The van der Waals surface area contributed by atoms with Gasteiger partial charge in [-0.1, -0.05) is 43.2 Å². The number of carbonyl (C=O) groups is 1. The van der Waals surface area contributed by atoms with Gasteiger partial charge in [0.05, 0.1) is 10.2 Å². The lowest BCUT2D eigenvalue weighted by Gasteiger charge is -2.06. The number of benzene rings is 1. The molecular formula is C14H17N3OS2. The second-order valence-electron chi connectivity index (χ2n) is 4.45. The van der Waals surface area contributed by atoms with Crippen molar-refractivity contribution in [2.45, 2.75) is 32.6 Å². The number of rotatable bonds is 5. The lowest BCUT2D eigenvalue weighted by atomic mass is 10.2. The Morgan fingerprint density at radius 3 is 2.90 bits per heavy atom. The molecule has 0 unspecified atom stereocenters. The summed E-state index contributed by atoms with van der Waals surface area (Å²) < 4.78 is 1.09. The molecule has 2 rings (SSSR count). The van der Waals surface area contributed by atoms with Crippen LogP contribution in [-0.2, 0) is 4.79 Å². The average Bonchev–Trinajstić information content (AvgIpc) is 2.80. The molecule has 0 saturated carbocycles. The summed E-state index contributed by atoms with van der Waals surface area (Å²) in [5.74, 6) is -0.0444. The zero-order valence-electron chi connectivity index (χ0n) is 11.3. The van der Waals surface area contributed by atoms with Gasteiger partial charge in [-0.25, -0.2) is 4.98 Å². The van der Waals surface area contributed by atoms with E-state index in [1.165, 1.54) is 11.3 Å². The Labute approximate surface area is 127 Å². The van der Waals surface area contributed by atoms with E-state index in [0.29, 0.717) is 16.7 Å². The van der Waals surface area contributed by atoms with Crippen LogP contribution in [0.3, 0.4) is 0 Å². The van der Waals surface area contributed by atoms with E-state index in [9.17, 15) is 4.79 Å². The zero-order chi connectivity index (χ0) is 14.4. The lowest BCUT2D eigenvalue weighted by Crippen LogP contribution is -2.33. The van der Waals surface area contributed by atoms with Crippen LogP contribution < -0.4 is 10.6 Å². The molecule has 20 heavy (non-hydrogen) atoms. The minimum Gasteiger partial charge on any atom is -0.308 e. The van der Waals surface area contributed by atoms with Crippen LogP contribution in [0.25, 0.3) is 10.2 Å². The summed E-state index contributed by atoms with van der Waals surface area (Å²) in [6.07, 6.45) is 3.56. The maximum Gasteiger partial charge on any atom is 0.226 e. The number of unbranched alkanes of at least 4 members (excludes halogenated alkanes) is 2. The van der Waals surface area contributed by atoms with Crippen LogP contribution in [0.5, 0.6) is 0 Å². The zero-order valence-corrected chi connectivity index (χ0v) is 12.9. The number of amides is 1. The highest BCUT2D eigenvalue weighted by atomic mass is 32.1. The monoisotopic (exact) mass is 307 g/mol. The predicted octanol–water partition coefficient (Wildman–Crippen LogP) is 3.69. The topological polar surface area (TPSA) is 54.0 Å². The van der Waals surface area contributed by atoms with Crippen molar-refractivity contribution >= 4 is 49.9 Å². The molecule has 0 aliphatic carbocycles. The average molecular weight is 307 g/mol. The first-order valence-corrected chi connectivity index (χ1v) is 7.88. The van der Waals surface area contributed by atoms with Gasteiger partial charge < -0.3 is 10.6 Å². The Kier molecular flexibility index (Phi) is 5.43. The highest BCUT2D eigenvalue weighted by Crippen LogP contribution is 2.25. The van der Waals surface area contributed by atoms with E-state index in [1.54, 1.807) is 0 Å². The largest absolute Gasteiger partial charge is 0.308 e. The minimum absolute atomic E-state index is 0.0444. The van der Waals surface area contributed by atoms with E-state index in [2.05, 4.69) is 22.5 Å². The molecule has 106 valence electrons. The van der Waals surface area contributed by atoms with Gasteiger partial charge >= 0.3 is 0 Å². The van der Waals surface area contributed by atoms with Crippen molar-refractivity contribution in [2.24, 2.45) is 0 Å². The normalized spacial score (nSPS) is 10.4. The molecule has 1 aromatic heterocycles. The number of hydrogen-bond acceptors (Lipinski definition) is 4. The summed E-state index contributed by atoms with van der Waals surface area (Å²) in [5.41, 5.74) is 0.928. The summed E-state index contributed by atoms with van der Waals surface area (Å²) in [6, 6.07) is 7.87. The third-order valence-corrected chi connectivity index (χ3v) is 3.93. The number of nitrogens with zero attached hydrogens (tertiary/aromatic N) is 1. The molecule has 2 N–H and O–H groups in total. The van der Waals surface area contributed by atoms with Crippen molar-refractivity contribution < 1.29 is 4.79 Å². The summed E-state index contributed by atoms with van der Waals surface area (Å²) >= 11 is 6.63. The van der Waals surface area contributed by atoms with Crippen molar-refractivity contribution in [1.29, 1.82) is 0 Å². The molecule has 0 bridgehead atoms. The second-order valence-corrected chi connectivity index (χ2v) is 5.89. The summed E-state index contributed by atoms with van der Waals surface area (Å²) in [6.45, 7) is 2.11. The van der Waals surface area contributed by atoms with Crippen LogP contribution in [-0.4, -0.2) is 16.0 Å². The second kappa shape index (κ2) is 7.31. The molecule has 1 heterocycles. The fourth-order valence-corrected chi connectivity index (χ4v) is 2.92. The molecule has 0 spiro atoms. The highest BCUT2D eigenvalue weighted by Gasteiger charge is 2.07. The first kappa shape index (κ1) is 14.9. The van der Waals surface area contributed by atoms with E-state index >= 15 is 0 Å². The first-order chi connectivity index (χ1) is 9.69. The number of anilines is 1. The fraction of sp³-hybridized carbons (Fsp3) is 0.357. The molecule has 0 radical (unpaired) electrons. The number of thiocarbonyl (C=S) groups is 1.